The number of hydrogen-bond donors (Lipinski definition) is 1. The van der Waals surface area contributed by atoms with Gasteiger partial charge < -0.3 is 10.6 Å². The zero-order chi connectivity index (χ0) is 15.5. The van der Waals surface area contributed by atoms with Crippen LogP contribution in [0.15, 0.2) is 18.2 Å². The summed E-state index contributed by atoms with van der Waals surface area (Å²) in [7, 11) is 1.67. The number of nitrogens with two attached hydrogens (primary N) is 1. The second kappa shape index (κ2) is 6.00. The van der Waals surface area contributed by atoms with Crippen LogP contribution in [0.3, 0.4) is 0 Å². The van der Waals surface area contributed by atoms with Gasteiger partial charge in [-0.3, -0.25) is 14.9 Å². The number of hydrogen-bond acceptors (Lipinski definition) is 4. The summed E-state index contributed by atoms with van der Waals surface area (Å²) in [4.78, 5) is 24.3. The first-order valence-electron chi connectivity index (χ1n) is 6.38. The Morgan fingerprint density at radius 1 is 1.45 bits per heavy atom. The minimum Gasteiger partial charge on any atom is -0.341 e. The fraction of sp³-hybridized carbons (Fsp3) is 0.500. The molecule has 0 aliphatic rings. The molecule has 0 heterocycles. The van der Waals surface area contributed by atoms with E-state index in [2.05, 4.69) is 0 Å². The van der Waals surface area contributed by atoms with Crippen LogP contribution >= 0.6 is 0 Å². The van der Waals surface area contributed by atoms with Crippen LogP contribution in [0.25, 0.3) is 0 Å². The zero-order valence-electron chi connectivity index (χ0n) is 12.3. The quantitative estimate of drug-likeness (QED) is 0.659. The van der Waals surface area contributed by atoms with E-state index >= 15 is 0 Å². The van der Waals surface area contributed by atoms with Gasteiger partial charge in [-0.25, -0.2) is 0 Å². The first kappa shape index (κ1) is 16.1. The Hall–Kier alpha value is -1.95. The summed E-state index contributed by atoms with van der Waals surface area (Å²) in [6.07, 6.45) is 0. The molecule has 1 rings (SSSR count). The van der Waals surface area contributed by atoms with Crippen LogP contribution in [0.1, 0.15) is 29.8 Å². The van der Waals surface area contributed by atoms with Crippen LogP contribution in [0, 0.1) is 22.5 Å². The predicted octanol–water partition coefficient (Wildman–Crippen LogP) is 1.96. The molecule has 0 bridgehead atoms. The molecular weight excluding hydrogens is 258 g/mol. The number of nitrogens with zero attached hydrogens (tertiary/aromatic N) is 2. The number of carbonyl (C=O) groups is 1. The first-order chi connectivity index (χ1) is 9.18. The Morgan fingerprint density at radius 3 is 2.55 bits per heavy atom. The molecule has 0 radical (unpaired) electrons. The van der Waals surface area contributed by atoms with E-state index in [1.54, 1.807) is 31.0 Å². The molecule has 0 aliphatic carbocycles. The van der Waals surface area contributed by atoms with E-state index in [1.165, 1.54) is 6.07 Å². The third-order valence-electron chi connectivity index (χ3n) is 3.22. The van der Waals surface area contributed by atoms with E-state index in [9.17, 15) is 14.9 Å². The smallest absolute Gasteiger partial charge is 0.273 e. The highest BCUT2D eigenvalue weighted by Gasteiger charge is 2.23. The molecule has 0 unspecified atom stereocenters. The summed E-state index contributed by atoms with van der Waals surface area (Å²) in [6.45, 7) is 6.53. The van der Waals surface area contributed by atoms with Crippen LogP contribution in [-0.2, 0) is 0 Å². The molecular formula is C14H21N3O3. The van der Waals surface area contributed by atoms with E-state index in [4.69, 9.17) is 5.73 Å². The van der Waals surface area contributed by atoms with Crippen LogP contribution < -0.4 is 5.73 Å². The van der Waals surface area contributed by atoms with E-state index in [0.717, 1.165) is 0 Å². The van der Waals surface area contributed by atoms with Crippen molar-refractivity contribution in [2.45, 2.75) is 20.8 Å². The second-order valence-corrected chi connectivity index (χ2v) is 5.79. The Bertz CT molecular complexity index is 526. The minimum atomic E-state index is -0.476. The Balaban J connectivity index is 2.98. The monoisotopic (exact) mass is 279 g/mol. The molecule has 110 valence electrons. The van der Waals surface area contributed by atoms with Gasteiger partial charge in [-0.2, -0.15) is 0 Å². The summed E-state index contributed by atoms with van der Waals surface area (Å²) < 4.78 is 0. The molecule has 20 heavy (non-hydrogen) atoms. The summed E-state index contributed by atoms with van der Waals surface area (Å²) in [5.41, 5.74) is 6.27. The molecule has 6 nitrogen and oxygen atoms in total. The van der Waals surface area contributed by atoms with Crippen LogP contribution in [0.4, 0.5) is 5.69 Å². The molecule has 0 saturated carbocycles. The number of nitro benzene ring substituents is 1. The maximum absolute atomic E-state index is 12.3. The van der Waals surface area contributed by atoms with Crippen LogP contribution in [-0.4, -0.2) is 35.9 Å². The lowest BCUT2D eigenvalue weighted by Gasteiger charge is -2.29. The van der Waals surface area contributed by atoms with Gasteiger partial charge in [-0.15, -0.1) is 0 Å². The van der Waals surface area contributed by atoms with Crippen molar-refractivity contribution in [2.75, 3.05) is 20.1 Å². The van der Waals surface area contributed by atoms with E-state index in [1.807, 2.05) is 13.8 Å². The van der Waals surface area contributed by atoms with Gasteiger partial charge in [-0.05, 0) is 24.9 Å². The van der Waals surface area contributed by atoms with Gasteiger partial charge in [0.15, 0.2) is 0 Å². The van der Waals surface area contributed by atoms with Crippen molar-refractivity contribution in [2.24, 2.45) is 11.1 Å². The molecule has 1 aromatic rings. The lowest BCUT2D eigenvalue weighted by molar-refractivity contribution is -0.385. The van der Waals surface area contributed by atoms with Gasteiger partial charge in [0.05, 0.1) is 4.92 Å². The summed E-state index contributed by atoms with van der Waals surface area (Å²) in [5.74, 6) is -0.241. The summed E-state index contributed by atoms with van der Waals surface area (Å²) >= 11 is 0. The van der Waals surface area contributed by atoms with E-state index < -0.39 is 4.92 Å². The van der Waals surface area contributed by atoms with E-state index in [0.29, 0.717) is 24.2 Å². The van der Waals surface area contributed by atoms with Crippen molar-refractivity contribution in [1.82, 2.24) is 4.90 Å². The minimum absolute atomic E-state index is 0.0395. The second-order valence-electron chi connectivity index (χ2n) is 5.79. The molecule has 0 spiro atoms. The number of aryl methyl sites for hydroxylation is 1. The fourth-order valence-electron chi connectivity index (χ4n) is 1.94. The molecule has 2 N–H and O–H groups in total. The summed E-state index contributed by atoms with van der Waals surface area (Å²) in [6, 6.07) is 4.52. The topological polar surface area (TPSA) is 89.5 Å². The third kappa shape index (κ3) is 3.77. The van der Waals surface area contributed by atoms with Gasteiger partial charge >= 0.3 is 0 Å². The van der Waals surface area contributed by atoms with Gasteiger partial charge in [0.25, 0.3) is 11.6 Å². The van der Waals surface area contributed by atoms with Crippen molar-refractivity contribution in [3.63, 3.8) is 0 Å². The highest BCUT2D eigenvalue weighted by molar-refractivity contribution is 5.94. The van der Waals surface area contributed by atoms with Gasteiger partial charge in [0.2, 0.25) is 0 Å². The largest absolute Gasteiger partial charge is 0.341 e. The Morgan fingerprint density at radius 2 is 2.05 bits per heavy atom. The van der Waals surface area contributed by atoms with E-state index in [-0.39, 0.29) is 17.0 Å². The van der Waals surface area contributed by atoms with Crippen LogP contribution in [0.2, 0.25) is 0 Å². The molecule has 0 aliphatic heterocycles. The number of amides is 1. The highest BCUT2D eigenvalue weighted by Crippen LogP contribution is 2.21. The van der Waals surface area contributed by atoms with Gasteiger partial charge in [-0.1, -0.05) is 19.9 Å². The number of benzene rings is 1. The highest BCUT2D eigenvalue weighted by atomic mass is 16.6. The van der Waals surface area contributed by atoms with Gasteiger partial charge in [0, 0.05) is 30.8 Å². The maximum Gasteiger partial charge on any atom is 0.273 e. The predicted molar refractivity (Wildman–Crippen MR) is 77.6 cm³/mol. The van der Waals surface area contributed by atoms with Crippen molar-refractivity contribution in [3.05, 3.63) is 39.4 Å². The van der Waals surface area contributed by atoms with Gasteiger partial charge in [0.1, 0.15) is 0 Å². The lowest BCUT2D eigenvalue weighted by atomic mass is 9.93. The summed E-state index contributed by atoms with van der Waals surface area (Å²) in [5, 5.41) is 10.9. The maximum atomic E-state index is 12.3. The van der Waals surface area contributed by atoms with Crippen molar-refractivity contribution in [3.8, 4) is 0 Å². The average Bonchev–Trinajstić information content (AvgIpc) is 2.37. The number of rotatable bonds is 5. The van der Waals surface area contributed by atoms with Crippen molar-refractivity contribution < 1.29 is 9.72 Å². The molecule has 6 heteroatoms. The SMILES string of the molecule is Cc1ccc(C(=O)N(C)CC(C)(C)CN)cc1[N+](=O)[O-]. The molecule has 0 saturated heterocycles. The fourth-order valence-corrected chi connectivity index (χ4v) is 1.94. The lowest BCUT2D eigenvalue weighted by Crippen LogP contribution is -2.39. The normalized spacial score (nSPS) is 11.2. The number of nitro groups is 1. The molecule has 0 fully saturated rings. The van der Waals surface area contributed by atoms with Crippen molar-refractivity contribution in [1.29, 1.82) is 0 Å². The molecule has 0 aromatic heterocycles. The van der Waals surface area contributed by atoms with Crippen LogP contribution in [0.5, 0.6) is 0 Å². The standard InChI is InChI=1S/C14H21N3O3/c1-10-5-6-11(7-12(10)17(19)20)13(18)16(4)9-14(2,3)8-15/h5-7H,8-9,15H2,1-4H3. The average molecular weight is 279 g/mol. The zero-order valence-corrected chi connectivity index (χ0v) is 12.3. The number of carbonyl (C=O) groups excluding carboxylic acids is 1. The molecule has 1 amide bonds. The molecule has 1 aromatic carbocycles. The Kier molecular flexibility index (Phi) is 4.83. The van der Waals surface area contributed by atoms with Crippen molar-refractivity contribution >= 4 is 11.6 Å². The first-order valence-corrected chi connectivity index (χ1v) is 6.38. The third-order valence-corrected chi connectivity index (χ3v) is 3.22. The Labute approximate surface area is 118 Å². The molecule has 0 atom stereocenters.